The van der Waals surface area contributed by atoms with Gasteiger partial charge in [-0.25, -0.2) is 20.0 Å². The maximum atomic E-state index is 6.59. The van der Waals surface area contributed by atoms with Crippen molar-refractivity contribution < 1.29 is 4.74 Å². The van der Waals surface area contributed by atoms with Gasteiger partial charge in [-0.1, -0.05) is 97.1 Å². The highest BCUT2D eigenvalue weighted by Crippen LogP contribution is 2.40. The van der Waals surface area contributed by atoms with Gasteiger partial charge in [0.2, 0.25) is 0 Å². The smallest absolute Gasteiger partial charge is 0.164 e. The molecule has 9 nitrogen and oxygen atoms in total. The van der Waals surface area contributed by atoms with Crippen LogP contribution in [-0.2, 0) is 6.42 Å². The summed E-state index contributed by atoms with van der Waals surface area (Å²) in [6.45, 7) is 0.602. The van der Waals surface area contributed by atoms with Gasteiger partial charge in [-0.15, -0.1) is 0 Å². The van der Waals surface area contributed by atoms with Gasteiger partial charge in [0.15, 0.2) is 11.7 Å². The molecule has 0 fully saturated rings. The van der Waals surface area contributed by atoms with Gasteiger partial charge in [0.1, 0.15) is 35.1 Å². The van der Waals surface area contributed by atoms with Crippen molar-refractivity contribution in [2.45, 2.75) is 12.6 Å². The largest absolute Gasteiger partial charge is 0.457 e. The summed E-state index contributed by atoms with van der Waals surface area (Å²) in [4.78, 5) is 24.0. The topological polar surface area (TPSA) is 125 Å². The number of H-pyrrole nitrogens is 1. The molecule has 240 valence electrons. The van der Waals surface area contributed by atoms with E-state index in [1.165, 1.54) is 5.56 Å². The molecule has 4 aliphatic rings. The highest BCUT2D eigenvalue weighted by Gasteiger charge is 2.34. The van der Waals surface area contributed by atoms with Crippen LogP contribution in [0.1, 0.15) is 45.1 Å². The monoisotopic (exact) mass is 650 g/mol. The SMILES string of the molecule is NCCc1ccc(Oc2cccc3c2C2NC4=C/C(=N\c5[nH]c(c6ccccc56)/N=C5\N=C(N=C3N2)c2ccccc25)c2ccccc24)cc1. The minimum absolute atomic E-state index is 0.369. The van der Waals surface area contributed by atoms with Crippen molar-refractivity contribution in [2.24, 2.45) is 25.7 Å². The summed E-state index contributed by atoms with van der Waals surface area (Å²) in [5.74, 6) is 4.78. The summed E-state index contributed by atoms with van der Waals surface area (Å²) >= 11 is 0. The maximum absolute atomic E-state index is 6.59. The van der Waals surface area contributed by atoms with Crippen LogP contribution in [0.2, 0.25) is 0 Å². The summed E-state index contributed by atoms with van der Waals surface area (Å²) in [7, 11) is 0. The molecule has 50 heavy (non-hydrogen) atoms. The summed E-state index contributed by atoms with van der Waals surface area (Å²) in [6, 6.07) is 38.8. The fourth-order valence-corrected chi connectivity index (χ4v) is 7.16. The first-order valence-electron chi connectivity index (χ1n) is 16.7. The summed E-state index contributed by atoms with van der Waals surface area (Å²) in [6.07, 6.45) is 2.56. The molecule has 1 unspecified atom stereocenters. The van der Waals surface area contributed by atoms with Gasteiger partial charge < -0.3 is 26.1 Å². The number of allylic oxidation sites excluding steroid dienone is 1. The third-order valence-electron chi connectivity index (χ3n) is 9.51. The van der Waals surface area contributed by atoms with Crippen molar-refractivity contribution in [1.29, 1.82) is 0 Å². The van der Waals surface area contributed by atoms with Crippen LogP contribution in [0.5, 0.6) is 11.5 Å². The minimum Gasteiger partial charge on any atom is -0.457 e. The van der Waals surface area contributed by atoms with E-state index in [0.29, 0.717) is 29.9 Å². The van der Waals surface area contributed by atoms with Crippen LogP contribution >= 0.6 is 0 Å². The second-order valence-electron chi connectivity index (χ2n) is 12.6. The van der Waals surface area contributed by atoms with Crippen molar-refractivity contribution in [3.05, 3.63) is 160 Å². The van der Waals surface area contributed by atoms with Crippen LogP contribution in [0.15, 0.2) is 141 Å². The van der Waals surface area contributed by atoms with Gasteiger partial charge in [0.25, 0.3) is 0 Å². The lowest BCUT2D eigenvalue weighted by Crippen LogP contribution is -2.31. The van der Waals surface area contributed by atoms with Crippen molar-refractivity contribution in [2.75, 3.05) is 6.54 Å². The predicted octanol–water partition coefficient (Wildman–Crippen LogP) is 7.43. The number of amidine groups is 3. The van der Waals surface area contributed by atoms with Crippen molar-refractivity contribution >= 4 is 51.3 Å². The van der Waals surface area contributed by atoms with Crippen LogP contribution in [-0.4, -0.2) is 34.7 Å². The first-order chi connectivity index (χ1) is 24.7. The summed E-state index contributed by atoms with van der Waals surface area (Å²) in [5.41, 5.74) is 14.6. The Balaban J connectivity index is 1.18. The van der Waals surface area contributed by atoms with E-state index in [1.54, 1.807) is 0 Å². The molecule has 0 amide bonds. The molecule has 8 bridgehead atoms. The quantitative estimate of drug-likeness (QED) is 0.158. The number of ether oxygens (including phenoxy) is 1. The number of nitrogens with two attached hydrogens (primary N) is 1. The van der Waals surface area contributed by atoms with E-state index in [1.807, 2.05) is 66.7 Å². The van der Waals surface area contributed by atoms with Crippen LogP contribution < -0.4 is 21.1 Å². The Morgan fingerprint density at radius 3 is 2.02 bits per heavy atom. The lowest BCUT2D eigenvalue weighted by molar-refractivity contribution is 0.464. The molecule has 1 aromatic heterocycles. The predicted molar refractivity (Wildman–Crippen MR) is 199 cm³/mol. The number of fused-ring (bicyclic) bond motifs is 18. The lowest BCUT2D eigenvalue weighted by atomic mass is 10.1. The number of nitrogens with zero attached hydrogens (tertiary/aromatic N) is 4. The van der Waals surface area contributed by atoms with E-state index in [4.69, 9.17) is 30.4 Å². The molecule has 1 atom stereocenters. The van der Waals surface area contributed by atoms with E-state index >= 15 is 0 Å². The van der Waals surface area contributed by atoms with Gasteiger partial charge in [-0.05, 0) is 42.8 Å². The van der Waals surface area contributed by atoms with Crippen LogP contribution in [0.25, 0.3) is 16.5 Å². The second kappa shape index (κ2) is 11.3. The van der Waals surface area contributed by atoms with Crippen molar-refractivity contribution in [3.8, 4) is 11.5 Å². The highest BCUT2D eigenvalue weighted by molar-refractivity contribution is 6.27. The van der Waals surface area contributed by atoms with E-state index < -0.39 is 0 Å². The fourth-order valence-electron chi connectivity index (χ4n) is 7.16. The average Bonchev–Trinajstić information content (AvgIpc) is 3.89. The average molecular weight is 651 g/mol. The van der Waals surface area contributed by atoms with E-state index in [0.717, 1.165) is 79.3 Å². The summed E-state index contributed by atoms with van der Waals surface area (Å²) in [5, 5.41) is 9.44. The number of hydrogen-bond acceptors (Lipinski definition) is 8. The van der Waals surface area contributed by atoms with Gasteiger partial charge in [-0.2, -0.15) is 0 Å². The van der Waals surface area contributed by atoms with Crippen LogP contribution in [0, 0.1) is 0 Å². The first kappa shape index (κ1) is 28.4. The summed E-state index contributed by atoms with van der Waals surface area (Å²) < 4.78 is 6.59. The molecule has 3 aliphatic heterocycles. The van der Waals surface area contributed by atoms with Gasteiger partial charge in [-0.3, -0.25) is 0 Å². The molecule has 0 saturated carbocycles. The third-order valence-corrected chi connectivity index (χ3v) is 9.51. The van der Waals surface area contributed by atoms with Gasteiger partial charge >= 0.3 is 0 Å². The Kier molecular flexibility index (Phi) is 6.40. The zero-order chi connectivity index (χ0) is 33.2. The number of rotatable bonds is 4. The number of nitrogens with one attached hydrogen (secondary N) is 3. The molecule has 1 aliphatic carbocycles. The Labute approximate surface area is 287 Å². The Morgan fingerprint density at radius 2 is 1.26 bits per heavy atom. The Morgan fingerprint density at radius 1 is 0.600 bits per heavy atom. The zero-order valence-electron chi connectivity index (χ0n) is 26.8. The van der Waals surface area contributed by atoms with Crippen molar-refractivity contribution in [3.63, 3.8) is 0 Å². The van der Waals surface area contributed by atoms with Crippen molar-refractivity contribution in [1.82, 2.24) is 15.6 Å². The molecule has 5 aromatic carbocycles. The minimum atomic E-state index is -0.369. The number of aromatic nitrogens is 1. The Hall–Kier alpha value is -6.58. The molecule has 4 heterocycles. The zero-order valence-corrected chi connectivity index (χ0v) is 26.8. The number of aliphatic imine (C=N–C) groups is 4. The molecule has 6 aromatic rings. The van der Waals surface area contributed by atoms with E-state index in [9.17, 15) is 0 Å². The second-order valence-corrected chi connectivity index (χ2v) is 12.6. The third kappa shape index (κ3) is 4.59. The molecule has 0 radical (unpaired) electrons. The van der Waals surface area contributed by atoms with Crippen LogP contribution in [0.3, 0.4) is 0 Å². The standard InChI is InChI=1S/C41H30N8O/c42-21-20-23-16-18-24(19-17-23)50-34-15-7-14-31-35(34)41-44-33-22-32(25-8-1-2-9-26(25)33)43-36-27-10-3-4-11-28(27)37(45-36)46-38-29-12-5-6-13-30(29)39(47-38)48-40(31)49-41/h1-19,22,41,44-45H,20-21,42H2,(H,46,47,48,49)/b43-32+. The molecule has 9 heteroatoms. The first-order valence-corrected chi connectivity index (χ1v) is 16.7. The molecule has 0 saturated heterocycles. The Bertz CT molecular complexity index is 2540. The number of aromatic amines is 1. The maximum Gasteiger partial charge on any atom is 0.164 e. The van der Waals surface area contributed by atoms with Gasteiger partial charge in [0.05, 0.1) is 5.71 Å². The number of benzene rings is 5. The molecule has 5 N–H and O–H groups in total. The molecule has 10 rings (SSSR count). The molecular weight excluding hydrogens is 621 g/mol. The molecular formula is C41H30N8O. The van der Waals surface area contributed by atoms with E-state index in [-0.39, 0.29) is 6.17 Å². The highest BCUT2D eigenvalue weighted by atomic mass is 16.5. The van der Waals surface area contributed by atoms with Crippen LogP contribution in [0.4, 0.5) is 11.6 Å². The molecule has 0 spiro atoms. The van der Waals surface area contributed by atoms with Gasteiger partial charge in [0, 0.05) is 49.9 Å². The lowest BCUT2D eigenvalue weighted by Gasteiger charge is -2.20. The fraction of sp³-hybridized carbons (Fsp3) is 0.0732. The normalized spacial score (nSPS) is 18.7. The number of hydrogen-bond donors (Lipinski definition) is 4. The van der Waals surface area contributed by atoms with E-state index in [2.05, 4.69) is 70.2 Å².